The molecule has 3 N–H and O–H groups in total. The van der Waals surface area contributed by atoms with E-state index in [-0.39, 0.29) is 28.7 Å². The predicted octanol–water partition coefficient (Wildman–Crippen LogP) is 1.58. The van der Waals surface area contributed by atoms with Gasteiger partial charge >= 0.3 is 5.69 Å². The summed E-state index contributed by atoms with van der Waals surface area (Å²) in [6.07, 6.45) is 1.32. The highest BCUT2D eigenvalue weighted by Crippen LogP contribution is 2.32. The van der Waals surface area contributed by atoms with E-state index < -0.39 is 4.92 Å². The summed E-state index contributed by atoms with van der Waals surface area (Å²) >= 11 is 0. The van der Waals surface area contributed by atoms with E-state index in [1.807, 2.05) is 0 Å². The molecule has 0 bridgehead atoms. The zero-order valence-corrected chi connectivity index (χ0v) is 10.9. The Balaban J connectivity index is 2.46. The van der Waals surface area contributed by atoms with E-state index in [0.29, 0.717) is 5.56 Å². The molecule has 0 aliphatic carbocycles. The third-order valence-corrected chi connectivity index (χ3v) is 2.59. The molecule has 0 fully saturated rings. The van der Waals surface area contributed by atoms with Crippen molar-refractivity contribution in [2.75, 3.05) is 0 Å². The molecule has 9 heteroatoms. The van der Waals surface area contributed by atoms with Crippen molar-refractivity contribution >= 4 is 11.5 Å². The lowest BCUT2D eigenvalue weighted by Crippen LogP contribution is -2.15. The molecular formula is C12H11N5O4. The van der Waals surface area contributed by atoms with Crippen molar-refractivity contribution in [1.29, 1.82) is 0 Å². The minimum Gasteiger partial charge on any atom is -0.430 e. The molecule has 0 atom stereocenters. The molecule has 1 aromatic carbocycles. The summed E-state index contributed by atoms with van der Waals surface area (Å²) in [7, 11) is 0. The lowest BCUT2D eigenvalue weighted by Gasteiger charge is -2.08. The fraction of sp³-hybridized carbons (Fsp3) is 0.0833. The number of nitro groups is 1. The van der Waals surface area contributed by atoms with Crippen LogP contribution in [0.4, 0.5) is 5.69 Å². The molecule has 2 rings (SSSR count). The molecule has 1 heterocycles. The van der Waals surface area contributed by atoms with Gasteiger partial charge in [0.05, 0.1) is 16.7 Å². The van der Waals surface area contributed by atoms with E-state index in [1.54, 1.807) is 13.0 Å². The van der Waals surface area contributed by atoms with E-state index in [4.69, 9.17) is 15.7 Å². The monoisotopic (exact) mass is 289 g/mol. The van der Waals surface area contributed by atoms with Gasteiger partial charge in [-0.3, -0.25) is 10.1 Å². The minimum absolute atomic E-state index is 0.0157. The molecule has 108 valence electrons. The van der Waals surface area contributed by atoms with Gasteiger partial charge in [-0.05, 0) is 24.6 Å². The van der Waals surface area contributed by atoms with Gasteiger partial charge in [-0.1, -0.05) is 11.2 Å². The number of oxime groups is 1. The predicted molar refractivity (Wildman–Crippen MR) is 72.5 cm³/mol. The van der Waals surface area contributed by atoms with Crippen molar-refractivity contribution in [2.24, 2.45) is 10.9 Å². The smallest absolute Gasteiger partial charge is 0.311 e. The van der Waals surface area contributed by atoms with Crippen molar-refractivity contribution in [3.05, 3.63) is 51.7 Å². The first kappa shape index (κ1) is 14.2. The molecular weight excluding hydrogens is 278 g/mol. The molecule has 0 spiro atoms. The molecule has 0 saturated carbocycles. The van der Waals surface area contributed by atoms with Gasteiger partial charge in [-0.2, -0.15) is 5.10 Å². The van der Waals surface area contributed by atoms with E-state index >= 15 is 0 Å². The third kappa shape index (κ3) is 3.03. The maximum Gasteiger partial charge on any atom is 0.311 e. The highest BCUT2D eigenvalue weighted by atomic mass is 16.6. The number of aromatic nitrogens is 2. The second kappa shape index (κ2) is 5.82. The Labute approximate surface area is 118 Å². The van der Waals surface area contributed by atoms with Crippen LogP contribution in [-0.2, 0) is 0 Å². The summed E-state index contributed by atoms with van der Waals surface area (Å²) in [5.74, 6) is -0.354. The van der Waals surface area contributed by atoms with Crippen LogP contribution in [0.3, 0.4) is 0 Å². The lowest BCUT2D eigenvalue weighted by atomic mass is 10.2. The van der Waals surface area contributed by atoms with Crippen LogP contribution in [0.5, 0.6) is 11.6 Å². The van der Waals surface area contributed by atoms with Gasteiger partial charge in [0.1, 0.15) is 0 Å². The van der Waals surface area contributed by atoms with E-state index in [1.165, 1.54) is 24.4 Å². The molecule has 1 aromatic heterocycles. The number of nitrogens with two attached hydrogens (primary N) is 1. The molecule has 2 aromatic rings. The van der Waals surface area contributed by atoms with Crippen LogP contribution in [0.1, 0.15) is 11.1 Å². The van der Waals surface area contributed by atoms with E-state index in [2.05, 4.69) is 15.4 Å². The zero-order chi connectivity index (χ0) is 15.4. The quantitative estimate of drug-likeness (QED) is 0.286. The van der Waals surface area contributed by atoms with Crippen molar-refractivity contribution in [3.63, 3.8) is 0 Å². The van der Waals surface area contributed by atoms with Gasteiger partial charge in [-0.25, -0.2) is 0 Å². The summed E-state index contributed by atoms with van der Waals surface area (Å²) in [5, 5.41) is 29.9. The van der Waals surface area contributed by atoms with Gasteiger partial charge in [0.2, 0.25) is 11.6 Å². The number of rotatable bonds is 4. The van der Waals surface area contributed by atoms with Crippen LogP contribution >= 0.6 is 0 Å². The number of hydrogen-bond acceptors (Lipinski definition) is 7. The second-order valence-electron chi connectivity index (χ2n) is 4.07. The Morgan fingerprint density at radius 2 is 2.24 bits per heavy atom. The Morgan fingerprint density at radius 1 is 1.48 bits per heavy atom. The summed E-state index contributed by atoms with van der Waals surface area (Å²) < 4.78 is 5.39. The highest BCUT2D eigenvalue weighted by Gasteiger charge is 2.19. The minimum atomic E-state index is -0.568. The van der Waals surface area contributed by atoms with Crippen molar-refractivity contribution in [2.45, 2.75) is 6.92 Å². The van der Waals surface area contributed by atoms with Crippen molar-refractivity contribution in [3.8, 4) is 11.6 Å². The first-order valence-corrected chi connectivity index (χ1v) is 5.75. The average molecular weight is 289 g/mol. The van der Waals surface area contributed by atoms with Gasteiger partial charge in [0, 0.05) is 6.07 Å². The first-order chi connectivity index (χ1) is 10.0. The third-order valence-electron chi connectivity index (χ3n) is 2.59. The number of benzene rings is 1. The van der Waals surface area contributed by atoms with Crippen LogP contribution in [0, 0.1) is 17.0 Å². The van der Waals surface area contributed by atoms with Crippen molar-refractivity contribution in [1.82, 2.24) is 10.2 Å². The number of nitro benzene ring substituents is 1. The molecule has 21 heavy (non-hydrogen) atoms. The molecule has 0 amide bonds. The summed E-state index contributed by atoms with van der Waals surface area (Å²) in [5.41, 5.74) is 6.15. The highest BCUT2D eigenvalue weighted by molar-refractivity contribution is 5.98. The molecule has 0 aliphatic rings. The van der Waals surface area contributed by atoms with Crippen LogP contribution < -0.4 is 10.5 Å². The normalized spacial score (nSPS) is 11.2. The molecule has 0 unspecified atom stereocenters. The van der Waals surface area contributed by atoms with Crippen LogP contribution in [-0.4, -0.2) is 26.2 Å². The summed E-state index contributed by atoms with van der Waals surface area (Å²) in [6, 6.07) is 5.88. The second-order valence-corrected chi connectivity index (χ2v) is 4.07. The molecule has 0 aliphatic heterocycles. The fourth-order valence-electron chi connectivity index (χ4n) is 1.60. The largest absolute Gasteiger partial charge is 0.430 e. The topological polar surface area (TPSA) is 137 Å². The lowest BCUT2D eigenvalue weighted by molar-refractivity contribution is -0.385. The van der Waals surface area contributed by atoms with Crippen molar-refractivity contribution < 1.29 is 14.9 Å². The fourth-order valence-corrected chi connectivity index (χ4v) is 1.60. The number of ether oxygens (including phenoxy) is 1. The maximum absolute atomic E-state index is 11.0. The molecule has 0 radical (unpaired) electrons. The maximum atomic E-state index is 11.0. The number of nitrogens with zero attached hydrogens (tertiary/aromatic N) is 4. The van der Waals surface area contributed by atoms with E-state index in [9.17, 15) is 10.1 Å². The van der Waals surface area contributed by atoms with Gasteiger partial charge < -0.3 is 15.7 Å². The zero-order valence-electron chi connectivity index (χ0n) is 10.9. The Bertz CT molecular complexity index is 717. The average Bonchev–Trinajstić information content (AvgIpc) is 2.48. The number of amidine groups is 1. The van der Waals surface area contributed by atoms with E-state index in [0.717, 1.165) is 0 Å². The first-order valence-electron chi connectivity index (χ1n) is 5.75. The SMILES string of the molecule is Cc1ccc(Oc2nnccc2/C(N)=N/O)c([N+](=O)[O-])c1. The van der Waals surface area contributed by atoms with Gasteiger partial charge in [0.15, 0.2) is 5.84 Å². The standard InChI is InChI=1S/C12H11N5O4/c1-7-2-3-10(9(6-7)17(19)20)21-12-8(11(13)16-18)4-5-14-15-12/h2-6,18H,1H3,(H2,13,16). The molecule has 9 nitrogen and oxygen atoms in total. The van der Waals surface area contributed by atoms with Gasteiger partial charge in [0.25, 0.3) is 0 Å². The Kier molecular flexibility index (Phi) is 3.93. The number of hydrogen-bond donors (Lipinski definition) is 2. The van der Waals surface area contributed by atoms with Crippen LogP contribution in [0.15, 0.2) is 35.6 Å². The summed E-state index contributed by atoms with van der Waals surface area (Å²) in [4.78, 5) is 10.5. The molecule has 0 saturated heterocycles. The number of aryl methyl sites for hydroxylation is 1. The van der Waals surface area contributed by atoms with Crippen LogP contribution in [0.2, 0.25) is 0 Å². The Morgan fingerprint density at radius 3 is 2.90 bits per heavy atom. The van der Waals surface area contributed by atoms with Crippen LogP contribution in [0.25, 0.3) is 0 Å². The summed E-state index contributed by atoms with van der Waals surface area (Å²) in [6.45, 7) is 1.72. The Hall–Kier alpha value is -3.23. The van der Waals surface area contributed by atoms with Gasteiger partial charge in [-0.15, -0.1) is 5.10 Å².